The molecule has 1 atom stereocenters. The molecule has 2 aliphatic rings. The zero-order valence-corrected chi connectivity index (χ0v) is 19.3. The maximum Gasteiger partial charge on any atom is 0.295 e. The molecule has 2 aromatic rings. The summed E-state index contributed by atoms with van der Waals surface area (Å²) in [5, 5.41) is 11.2. The molecule has 0 radical (unpaired) electrons. The molecule has 0 aromatic heterocycles. The topological polar surface area (TPSA) is 79.3 Å². The summed E-state index contributed by atoms with van der Waals surface area (Å²) >= 11 is 0. The molecule has 1 unspecified atom stereocenters. The Morgan fingerprint density at radius 2 is 1.76 bits per heavy atom. The molecule has 1 saturated heterocycles. The molecule has 0 spiro atoms. The SMILES string of the molecule is CCN(CC)CCCN1C(=O)C(=O)C(=C(O)c2ccc3c(c2)OCO3)C1c1ccc(C)cc1. The first-order valence-electron chi connectivity index (χ1n) is 11.4. The Hall–Kier alpha value is -3.32. The van der Waals surface area contributed by atoms with Crippen LogP contribution in [0.15, 0.2) is 48.0 Å². The van der Waals surface area contributed by atoms with Crippen LogP contribution in [0.2, 0.25) is 0 Å². The Balaban J connectivity index is 1.72. The number of carbonyl (C=O) groups excluding carboxylic acids is 2. The van der Waals surface area contributed by atoms with Crippen LogP contribution in [0, 0.1) is 6.92 Å². The Kier molecular flexibility index (Phi) is 6.70. The average Bonchev–Trinajstić information content (AvgIpc) is 3.39. The number of ether oxygens (including phenoxy) is 2. The Labute approximate surface area is 194 Å². The van der Waals surface area contributed by atoms with Gasteiger partial charge in [0.2, 0.25) is 6.79 Å². The minimum absolute atomic E-state index is 0.102. The maximum absolute atomic E-state index is 13.1. The molecule has 0 bridgehead atoms. The number of hydrogen-bond donors (Lipinski definition) is 1. The fourth-order valence-electron chi connectivity index (χ4n) is 4.41. The van der Waals surface area contributed by atoms with Crippen molar-refractivity contribution in [2.24, 2.45) is 0 Å². The van der Waals surface area contributed by atoms with Crippen molar-refractivity contribution in [1.29, 1.82) is 0 Å². The van der Waals surface area contributed by atoms with Gasteiger partial charge in [0.25, 0.3) is 11.7 Å². The van der Waals surface area contributed by atoms with E-state index in [1.54, 1.807) is 23.1 Å². The number of Topliss-reactive ketones (excluding diaryl/α,β-unsaturated/α-hetero) is 1. The lowest BCUT2D eigenvalue weighted by molar-refractivity contribution is -0.140. The summed E-state index contributed by atoms with van der Waals surface area (Å²) in [6, 6.07) is 12.1. The number of amides is 1. The van der Waals surface area contributed by atoms with E-state index in [0.717, 1.165) is 37.2 Å². The second kappa shape index (κ2) is 9.67. The van der Waals surface area contributed by atoms with Gasteiger partial charge in [-0.25, -0.2) is 0 Å². The highest BCUT2D eigenvalue weighted by Crippen LogP contribution is 2.41. The molecule has 174 valence electrons. The number of fused-ring (bicyclic) bond motifs is 1. The summed E-state index contributed by atoms with van der Waals surface area (Å²) in [5.41, 5.74) is 2.39. The van der Waals surface area contributed by atoms with E-state index < -0.39 is 17.7 Å². The summed E-state index contributed by atoms with van der Waals surface area (Å²) in [7, 11) is 0. The fraction of sp³-hybridized carbons (Fsp3) is 0.385. The molecular formula is C26H30N2O5. The van der Waals surface area contributed by atoms with Crippen LogP contribution in [0.25, 0.3) is 5.76 Å². The zero-order chi connectivity index (χ0) is 23.5. The highest BCUT2D eigenvalue weighted by molar-refractivity contribution is 6.46. The number of hydrogen-bond acceptors (Lipinski definition) is 6. The first-order chi connectivity index (χ1) is 15.9. The van der Waals surface area contributed by atoms with Gasteiger partial charge in [-0.15, -0.1) is 0 Å². The smallest absolute Gasteiger partial charge is 0.295 e. The Bertz CT molecular complexity index is 1070. The van der Waals surface area contributed by atoms with Gasteiger partial charge in [-0.1, -0.05) is 43.7 Å². The average molecular weight is 451 g/mol. The molecule has 7 heteroatoms. The first kappa shape index (κ1) is 22.9. The van der Waals surface area contributed by atoms with Crippen molar-refractivity contribution in [3.63, 3.8) is 0 Å². The van der Waals surface area contributed by atoms with Gasteiger partial charge in [-0.3, -0.25) is 9.59 Å². The molecule has 1 amide bonds. The van der Waals surface area contributed by atoms with Gasteiger partial charge >= 0.3 is 0 Å². The molecule has 2 aliphatic heterocycles. The highest BCUT2D eigenvalue weighted by Gasteiger charge is 2.45. The molecule has 1 N–H and O–H groups in total. The first-order valence-corrected chi connectivity index (χ1v) is 11.4. The third kappa shape index (κ3) is 4.46. The molecule has 0 aliphatic carbocycles. The van der Waals surface area contributed by atoms with Crippen LogP contribution in [0.5, 0.6) is 11.5 Å². The van der Waals surface area contributed by atoms with E-state index in [1.807, 2.05) is 31.2 Å². The van der Waals surface area contributed by atoms with E-state index >= 15 is 0 Å². The van der Waals surface area contributed by atoms with Crippen LogP contribution in [0.1, 0.15) is 43.0 Å². The van der Waals surface area contributed by atoms with Crippen molar-refractivity contribution in [1.82, 2.24) is 9.80 Å². The van der Waals surface area contributed by atoms with E-state index in [9.17, 15) is 14.7 Å². The summed E-state index contributed by atoms with van der Waals surface area (Å²) in [6.07, 6.45) is 0.737. The standard InChI is InChI=1S/C26H30N2O5/c1-4-27(5-2)13-6-14-28-23(18-9-7-17(3)8-10-18)22(25(30)26(28)31)24(29)19-11-12-20-21(15-19)33-16-32-20/h7-12,15,23,29H,4-6,13-14,16H2,1-3H3. The quantitative estimate of drug-likeness (QED) is 0.374. The van der Waals surface area contributed by atoms with Crippen LogP contribution in [0.4, 0.5) is 0 Å². The molecule has 2 heterocycles. The Morgan fingerprint density at radius 3 is 2.45 bits per heavy atom. The van der Waals surface area contributed by atoms with Gasteiger partial charge in [0.1, 0.15) is 5.76 Å². The third-order valence-corrected chi connectivity index (χ3v) is 6.35. The number of ketones is 1. The number of carbonyl (C=O) groups is 2. The number of aliphatic hydroxyl groups is 1. The molecule has 4 rings (SSSR count). The van der Waals surface area contributed by atoms with Crippen molar-refractivity contribution in [3.8, 4) is 11.5 Å². The minimum Gasteiger partial charge on any atom is -0.507 e. The van der Waals surface area contributed by atoms with E-state index in [-0.39, 0.29) is 18.1 Å². The molecule has 0 saturated carbocycles. The number of aryl methyl sites for hydroxylation is 1. The molecule has 2 aromatic carbocycles. The van der Waals surface area contributed by atoms with Crippen LogP contribution in [-0.4, -0.2) is 59.6 Å². The number of likely N-dealkylation sites (tertiary alicyclic amines) is 1. The van der Waals surface area contributed by atoms with Crippen molar-refractivity contribution < 1.29 is 24.2 Å². The highest BCUT2D eigenvalue weighted by atomic mass is 16.7. The summed E-state index contributed by atoms with van der Waals surface area (Å²) in [6.45, 7) is 9.43. The summed E-state index contributed by atoms with van der Waals surface area (Å²) in [5.74, 6) is -0.373. The third-order valence-electron chi connectivity index (χ3n) is 6.35. The lowest BCUT2D eigenvalue weighted by atomic mass is 9.94. The fourth-order valence-corrected chi connectivity index (χ4v) is 4.41. The van der Waals surface area contributed by atoms with Crippen LogP contribution >= 0.6 is 0 Å². The van der Waals surface area contributed by atoms with Gasteiger partial charge in [0.05, 0.1) is 11.6 Å². The predicted octanol–water partition coefficient (Wildman–Crippen LogP) is 3.88. The maximum atomic E-state index is 13.1. The van der Waals surface area contributed by atoms with Gasteiger partial charge in [-0.05, 0) is 56.7 Å². The van der Waals surface area contributed by atoms with Crippen molar-refractivity contribution in [2.75, 3.05) is 33.0 Å². The molecule has 7 nitrogen and oxygen atoms in total. The van der Waals surface area contributed by atoms with Crippen LogP contribution in [-0.2, 0) is 9.59 Å². The summed E-state index contributed by atoms with van der Waals surface area (Å²) in [4.78, 5) is 30.1. The van der Waals surface area contributed by atoms with E-state index in [1.165, 1.54) is 0 Å². The van der Waals surface area contributed by atoms with E-state index in [2.05, 4.69) is 18.7 Å². The van der Waals surface area contributed by atoms with E-state index in [4.69, 9.17) is 9.47 Å². The number of nitrogens with zero attached hydrogens (tertiary/aromatic N) is 2. The Morgan fingerprint density at radius 1 is 1.06 bits per heavy atom. The second-order valence-electron chi connectivity index (χ2n) is 8.35. The van der Waals surface area contributed by atoms with Crippen molar-refractivity contribution in [2.45, 2.75) is 33.2 Å². The molecule has 33 heavy (non-hydrogen) atoms. The minimum atomic E-state index is -0.668. The number of aliphatic hydroxyl groups excluding tert-OH is 1. The van der Waals surface area contributed by atoms with Gasteiger partial charge in [-0.2, -0.15) is 0 Å². The molecular weight excluding hydrogens is 420 g/mol. The zero-order valence-electron chi connectivity index (χ0n) is 19.3. The lowest BCUT2D eigenvalue weighted by Crippen LogP contribution is -2.33. The second-order valence-corrected chi connectivity index (χ2v) is 8.35. The summed E-state index contributed by atoms with van der Waals surface area (Å²) < 4.78 is 10.8. The van der Waals surface area contributed by atoms with Gasteiger partial charge in [0, 0.05) is 12.1 Å². The van der Waals surface area contributed by atoms with Crippen molar-refractivity contribution in [3.05, 3.63) is 64.7 Å². The van der Waals surface area contributed by atoms with E-state index in [0.29, 0.717) is 23.6 Å². The number of rotatable bonds is 8. The van der Waals surface area contributed by atoms with Crippen LogP contribution in [0.3, 0.4) is 0 Å². The normalized spacial score (nSPS) is 19.0. The largest absolute Gasteiger partial charge is 0.507 e. The molecule has 1 fully saturated rings. The monoisotopic (exact) mass is 450 g/mol. The lowest BCUT2D eigenvalue weighted by Gasteiger charge is -2.27. The van der Waals surface area contributed by atoms with Gasteiger partial charge < -0.3 is 24.4 Å². The number of benzene rings is 2. The van der Waals surface area contributed by atoms with Crippen LogP contribution < -0.4 is 9.47 Å². The van der Waals surface area contributed by atoms with Gasteiger partial charge in [0.15, 0.2) is 11.5 Å². The predicted molar refractivity (Wildman–Crippen MR) is 125 cm³/mol. The van der Waals surface area contributed by atoms with Crippen molar-refractivity contribution >= 4 is 17.4 Å².